The maximum atomic E-state index is 12.3. The van der Waals surface area contributed by atoms with Crippen LogP contribution in [0.3, 0.4) is 0 Å². The van der Waals surface area contributed by atoms with Crippen molar-refractivity contribution in [3.63, 3.8) is 0 Å². The molecule has 1 aliphatic rings. The lowest BCUT2D eigenvalue weighted by atomic mass is 9.86. The van der Waals surface area contributed by atoms with Gasteiger partial charge >= 0.3 is 0 Å². The predicted octanol–water partition coefficient (Wildman–Crippen LogP) is 4.31. The van der Waals surface area contributed by atoms with Crippen molar-refractivity contribution in [2.24, 2.45) is 5.92 Å². The van der Waals surface area contributed by atoms with Crippen LogP contribution in [-0.4, -0.2) is 23.9 Å². The Hall–Kier alpha value is -1.02. The van der Waals surface area contributed by atoms with Crippen LogP contribution in [0.25, 0.3) is 0 Å². The Kier molecular flexibility index (Phi) is 5.47. The minimum absolute atomic E-state index is 0.263. The standard InChI is InChI=1S/C17H24ClNO/c1-13-3-10-16(11-4-13)19(2)17(20)12-7-14-5-8-15(18)9-6-14/h5-6,8-9,13,16H,3-4,7,10-12H2,1-2H3. The third kappa shape index (κ3) is 4.24. The van der Waals surface area contributed by atoms with Gasteiger partial charge in [0.2, 0.25) is 5.91 Å². The summed E-state index contributed by atoms with van der Waals surface area (Å²) in [7, 11) is 1.96. The second-order valence-corrected chi connectivity index (χ2v) is 6.48. The number of rotatable bonds is 4. The van der Waals surface area contributed by atoms with Gasteiger partial charge in [-0.05, 0) is 55.7 Å². The number of nitrogens with zero attached hydrogens (tertiary/aromatic N) is 1. The fourth-order valence-electron chi connectivity index (χ4n) is 2.91. The maximum absolute atomic E-state index is 12.3. The van der Waals surface area contributed by atoms with Crippen LogP contribution in [-0.2, 0) is 11.2 Å². The van der Waals surface area contributed by atoms with Gasteiger partial charge < -0.3 is 4.90 Å². The Morgan fingerprint density at radius 2 is 1.80 bits per heavy atom. The van der Waals surface area contributed by atoms with E-state index in [2.05, 4.69) is 6.92 Å². The molecule has 1 fully saturated rings. The first-order valence-electron chi connectivity index (χ1n) is 7.56. The topological polar surface area (TPSA) is 20.3 Å². The van der Waals surface area contributed by atoms with E-state index in [1.54, 1.807) is 0 Å². The fraction of sp³-hybridized carbons (Fsp3) is 0.588. The largest absolute Gasteiger partial charge is 0.343 e. The lowest BCUT2D eigenvalue weighted by molar-refractivity contribution is -0.132. The van der Waals surface area contributed by atoms with E-state index in [1.165, 1.54) is 18.4 Å². The van der Waals surface area contributed by atoms with Gasteiger partial charge in [0.15, 0.2) is 0 Å². The number of carbonyl (C=O) groups is 1. The molecule has 20 heavy (non-hydrogen) atoms. The van der Waals surface area contributed by atoms with Gasteiger partial charge in [0.1, 0.15) is 0 Å². The van der Waals surface area contributed by atoms with E-state index in [4.69, 9.17) is 11.6 Å². The Labute approximate surface area is 127 Å². The average molecular weight is 294 g/mol. The molecule has 3 heteroatoms. The number of aryl methyl sites for hydroxylation is 1. The molecule has 2 rings (SSSR count). The van der Waals surface area contributed by atoms with Gasteiger partial charge in [-0.1, -0.05) is 30.7 Å². The zero-order valence-corrected chi connectivity index (χ0v) is 13.2. The number of amides is 1. The van der Waals surface area contributed by atoms with Gasteiger partial charge in [-0.2, -0.15) is 0 Å². The quantitative estimate of drug-likeness (QED) is 0.810. The molecular weight excluding hydrogens is 270 g/mol. The molecule has 1 saturated carbocycles. The average Bonchev–Trinajstić information content (AvgIpc) is 2.46. The first-order valence-corrected chi connectivity index (χ1v) is 7.94. The number of benzene rings is 1. The molecule has 1 aromatic rings. The predicted molar refractivity (Wildman–Crippen MR) is 84.0 cm³/mol. The molecule has 0 radical (unpaired) electrons. The molecule has 1 amide bonds. The zero-order chi connectivity index (χ0) is 14.5. The molecule has 1 aliphatic carbocycles. The Morgan fingerprint density at radius 1 is 1.20 bits per heavy atom. The summed E-state index contributed by atoms with van der Waals surface area (Å²) in [6.45, 7) is 2.30. The summed E-state index contributed by atoms with van der Waals surface area (Å²) in [5.41, 5.74) is 1.17. The first-order chi connectivity index (χ1) is 9.56. The van der Waals surface area contributed by atoms with Crippen molar-refractivity contribution in [2.45, 2.75) is 51.5 Å². The molecule has 0 N–H and O–H groups in total. The lowest BCUT2D eigenvalue weighted by Gasteiger charge is -2.33. The Balaban J connectivity index is 1.80. The van der Waals surface area contributed by atoms with E-state index < -0.39 is 0 Å². The molecule has 110 valence electrons. The van der Waals surface area contributed by atoms with Crippen LogP contribution in [0.5, 0.6) is 0 Å². The molecule has 1 aromatic carbocycles. The van der Waals surface area contributed by atoms with Gasteiger partial charge in [-0.25, -0.2) is 0 Å². The van der Waals surface area contributed by atoms with E-state index >= 15 is 0 Å². The van der Waals surface area contributed by atoms with Gasteiger partial charge in [0.05, 0.1) is 0 Å². The summed E-state index contributed by atoms with van der Waals surface area (Å²) >= 11 is 5.86. The second-order valence-electron chi connectivity index (χ2n) is 6.04. The highest BCUT2D eigenvalue weighted by atomic mass is 35.5. The number of carbonyl (C=O) groups excluding carboxylic acids is 1. The van der Waals surface area contributed by atoms with Crippen LogP contribution in [0.15, 0.2) is 24.3 Å². The van der Waals surface area contributed by atoms with Crippen LogP contribution in [0, 0.1) is 5.92 Å². The summed E-state index contributed by atoms with van der Waals surface area (Å²) in [5.74, 6) is 1.09. The number of hydrogen-bond donors (Lipinski definition) is 0. The summed E-state index contributed by atoms with van der Waals surface area (Å²) < 4.78 is 0. The van der Waals surface area contributed by atoms with E-state index in [9.17, 15) is 4.79 Å². The second kappa shape index (κ2) is 7.12. The highest BCUT2D eigenvalue weighted by Gasteiger charge is 2.24. The molecule has 0 heterocycles. The molecule has 0 saturated heterocycles. The van der Waals surface area contributed by atoms with Crippen molar-refractivity contribution in [3.8, 4) is 0 Å². The van der Waals surface area contributed by atoms with Crippen molar-refractivity contribution in [1.29, 1.82) is 0 Å². The Bertz CT molecular complexity index is 435. The van der Waals surface area contributed by atoms with Crippen molar-refractivity contribution < 1.29 is 4.79 Å². The normalized spacial score (nSPS) is 22.6. The van der Waals surface area contributed by atoms with Gasteiger partial charge in [0, 0.05) is 24.5 Å². The first kappa shape index (κ1) is 15.4. The third-order valence-electron chi connectivity index (χ3n) is 4.47. The summed E-state index contributed by atoms with van der Waals surface area (Å²) in [6, 6.07) is 8.21. The smallest absolute Gasteiger partial charge is 0.222 e. The summed E-state index contributed by atoms with van der Waals surface area (Å²) in [6.07, 6.45) is 6.20. The van der Waals surface area contributed by atoms with Crippen molar-refractivity contribution in [1.82, 2.24) is 4.90 Å². The number of hydrogen-bond acceptors (Lipinski definition) is 1. The van der Waals surface area contributed by atoms with Gasteiger partial charge in [0.25, 0.3) is 0 Å². The van der Waals surface area contributed by atoms with Crippen LogP contribution in [0.1, 0.15) is 44.6 Å². The summed E-state index contributed by atoms with van der Waals surface area (Å²) in [4.78, 5) is 14.2. The van der Waals surface area contributed by atoms with Gasteiger partial charge in [-0.15, -0.1) is 0 Å². The molecule has 2 nitrogen and oxygen atoms in total. The van der Waals surface area contributed by atoms with Crippen LogP contribution in [0.4, 0.5) is 0 Å². The maximum Gasteiger partial charge on any atom is 0.222 e. The summed E-state index contributed by atoms with van der Waals surface area (Å²) in [5, 5.41) is 0.744. The highest BCUT2D eigenvalue weighted by Crippen LogP contribution is 2.26. The third-order valence-corrected chi connectivity index (χ3v) is 4.72. The SMILES string of the molecule is CC1CCC(N(C)C(=O)CCc2ccc(Cl)cc2)CC1. The molecule has 0 unspecified atom stereocenters. The van der Waals surface area contributed by atoms with E-state index in [0.29, 0.717) is 12.5 Å². The van der Waals surface area contributed by atoms with Crippen molar-refractivity contribution >= 4 is 17.5 Å². The van der Waals surface area contributed by atoms with E-state index in [1.807, 2.05) is 36.2 Å². The monoisotopic (exact) mass is 293 g/mol. The van der Waals surface area contributed by atoms with E-state index in [0.717, 1.165) is 30.2 Å². The fourth-order valence-corrected chi connectivity index (χ4v) is 3.04. The van der Waals surface area contributed by atoms with Gasteiger partial charge in [-0.3, -0.25) is 4.79 Å². The van der Waals surface area contributed by atoms with Crippen molar-refractivity contribution in [2.75, 3.05) is 7.05 Å². The molecule has 0 spiro atoms. The lowest BCUT2D eigenvalue weighted by Crippen LogP contribution is -2.39. The highest BCUT2D eigenvalue weighted by molar-refractivity contribution is 6.30. The van der Waals surface area contributed by atoms with E-state index in [-0.39, 0.29) is 5.91 Å². The minimum atomic E-state index is 0.263. The molecule has 0 aromatic heterocycles. The van der Waals surface area contributed by atoms with Crippen molar-refractivity contribution in [3.05, 3.63) is 34.9 Å². The molecule has 0 bridgehead atoms. The zero-order valence-electron chi connectivity index (χ0n) is 12.4. The van der Waals surface area contributed by atoms with Crippen LogP contribution < -0.4 is 0 Å². The molecule has 0 atom stereocenters. The van der Waals surface area contributed by atoms with Crippen LogP contribution in [0.2, 0.25) is 5.02 Å². The minimum Gasteiger partial charge on any atom is -0.343 e. The molecule has 0 aliphatic heterocycles. The number of halogens is 1. The molecular formula is C17H24ClNO. The Morgan fingerprint density at radius 3 is 2.40 bits per heavy atom. The van der Waals surface area contributed by atoms with Crippen LogP contribution >= 0.6 is 11.6 Å².